The molecule has 0 radical (unpaired) electrons. The van der Waals surface area contributed by atoms with E-state index in [9.17, 15) is 19.7 Å². The molecule has 0 amide bonds. The van der Waals surface area contributed by atoms with E-state index in [1.165, 1.54) is 18.2 Å². The number of halogens is 1. The summed E-state index contributed by atoms with van der Waals surface area (Å²) in [6.45, 7) is 3.26. The third-order valence-corrected chi connectivity index (χ3v) is 3.20. The quantitative estimate of drug-likeness (QED) is 0.335. The van der Waals surface area contributed by atoms with E-state index in [4.69, 9.17) is 9.47 Å². The van der Waals surface area contributed by atoms with Gasteiger partial charge < -0.3 is 9.47 Å². The van der Waals surface area contributed by atoms with Crippen molar-refractivity contribution in [1.29, 1.82) is 0 Å². The summed E-state index contributed by atoms with van der Waals surface area (Å²) in [6.07, 6.45) is 0. The van der Waals surface area contributed by atoms with Gasteiger partial charge in [-0.15, -0.1) is 0 Å². The van der Waals surface area contributed by atoms with E-state index in [1.54, 1.807) is 13.8 Å². The van der Waals surface area contributed by atoms with Gasteiger partial charge in [0.15, 0.2) is 5.92 Å². The molecular weight excluding hydrogens is 346 g/mol. The van der Waals surface area contributed by atoms with Crippen LogP contribution in [0.1, 0.15) is 25.3 Å². The fourth-order valence-electron chi connectivity index (χ4n) is 1.76. The first-order valence-corrected chi connectivity index (χ1v) is 6.99. The zero-order chi connectivity index (χ0) is 16.0. The van der Waals surface area contributed by atoms with Gasteiger partial charge >= 0.3 is 11.9 Å². The van der Waals surface area contributed by atoms with Crippen molar-refractivity contribution < 1.29 is 24.0 Å². The molecule has 1 rings (SSSR count). The zero-order valence-corrected chi connectivity index (χ0v) is 13.1. The lowest BCUT2D eigenvalue weighted by molar-refractivity contribution is -0.386. The molecule has 21 heavy (non-hydrogen) atoms. The molecule has 0 atom stereocenters. The molecule has 0 aliphatic rings. The Bertz CT molecular complexity index is 542. The lowest BCUT2D eigenvalue weighted by Gasteiger charge is -2.15. The van der Waals surface area contributed by atoms with E-state index in [0.29, 0.717) is 0 Å². The monoisotopic (exact) mass is 359 g/mol. The van der Waals surface area contributed by atoms with Gasteiger partial charge in [0.2, 0.25) is 0 Å². The minimum Gasteiger partial charge on any atom is -0.465 e. The maximum Gasteiger partial charge on any atom is 0.325 e. The van der Waals surface area contributed by atoms with Crippen molar-refractivity contribution in [3.8, 4) is 0 Å². The van der Waals surface area contributed by atoms with Gasteiger partial charge in [-0.25, -0.2) is 0 Å². The number of carbonyl (C=O) groups excluding carboxylic acids is 2. The van der Waals surface area contributed by atoms with E-state index in [0.717, 1.165) is 0 Å². The molecule has 0 unspecified atom stereocenters. The average molecular weight is 360 g/mol. The summed E-state index contributed by atoms with van der Waals surface area (Å²) in [4.78, 5) is 34.5. The van der Waals surface area contributed by atoms with Crippen molar-refractivity contribution in [2.75, 3.05) is 13.2 Å². The smallest absolute Gasteiger partial charge is 0.325 e. The number of nitro groups is 1. The third-order valence-electron chi connectivity index (χ3n) is 2.56. The Morgan fingerprint density at radius 3 is 2.19 bits per heavy atom. The number of ether oxygens (including phenoxy) is 2. The molecule has 7 nitrogen and oxygen atoms in total. The van der Waals surface area contributed by atoms with Gasteiger partial charge in [0, 0.05) is 0 Å². The summed E-state index contributed by atoms with van der Waals surface area (Å²) >= 11 is 3.05. The predicted octanol–water partition coefficient (Wildman–Crippen LogP) is 2.57. The molecule has 0 saturated carbocycles. The van der Waals surface area contributed by atoms with E-state index >= 15 is 0 Å². The van der Waals surface area contributed by atoms with Crippen LogP contribution in [0.25, 0.3) is 0 Å². The van der Waals surface area contributed by atoms with Crippen LogP contribution in [0, 0.1) is 10.1 Å². The number of nitro benzene ring substituents is 1. The number of hydrogen-bond acceptors (Lipinski definition) is 6. The molecular formula is C13H14BrNO6. The zero-order valence-electron chi connectivity index (χ0n) is 11.5. The number of para-hydroxylation sites is 1. The largest absolute Gasteiger partial charge is 0.465 e. The van der Waals surface area contributed by atoms with E-state index in [-0.39, 0.29) is 28.9 Å². The van der Waals surface area contributed by atoms with Crippen molar-refractivity contribution in [3.63, 3.8) is 0 Å². The van der Waals surface area contributed by atoms with Crippen molar-refractivity contribution in [2.45, 2.75) is 19.8 Å². The molecule has 0 aliphatic heterocycles. The van der Waals surface area contributed by atoms with Crippen LogP contribution in [0.4, 0.5) is 5.69 Å². The molecule has 0 aromatic heterocycles. The minimum absolute atomic E-state index is 0.0521. The second-order valence-corrected chi connectivity index (χ2v) is 4.73. The second kappa shape index (κ2) is 7.72. The summed E-state index contributed by atoms with van der Waals surface area (Å²) < 4.78 is 9.82. The van der Waals surface area contributed by atoms with Crippen LogP contribution in [0.3, 0.4) is 0 Å². The maximum atomic E-state index is 12.0. The van der Waals surface area contributed by atoms with Crippen LogP contribution >= 0.6 is 15.9 Å². The predicted molar refractivity (Wildman–Crippen MR) is 76.8 cm³/mol. The van der Waals surface area contributed by atoms with Gasteiger partial charge in [-0.05, 0) is 35.8 Å². The average Bonchev–Trinajstić information content (AvgIpc) is 2.39. The number of carbonyl (C=O) groups is 2. The van der Waals surface area contributed by atoms with Crippen molar-refractivity contribution in [3.05, 3.63) is 38.3 Å². The van der Waals surface area contributed by atoms with E-state index in [1.807, 2.05) is 0 Å². The molecule has 0 heterocycles. The molecule has 1 aromatic rings. The standard InChI is InChI=1S/C13H14BrNO6/c1-3-20-12(16)10(13(17)21-4-2)8-6-5-7-9(14)11(8)15(18)19/h5-7,10H,3-4H2,1-2H3. The Morgan fingerprint density at radius 2 is 1.76 bits per heavy atom. The Balaban J connectivity index is 3.39. The summed E-state index contributed by atoms with van der Waals surface area (Å²) in [5, 5.41) is 11.2. The highest BCUT2D eigenvalue weighted by Gasteiger charge is 2.37. The van der Waals surface area contributed by atoms with Crippen molar-refractivity contribution >= 4 is 33.6 Å². The molecule has 114 valence electrons. The van der Waals surface area contributed by atoms with Crippen LogP contribution < -0.4 is 0 Å². The maximum absolute atomic E-state index is 12.0. The van der Waals surface area contributed by atoms with Gasteiger partial charge in [-0.2, -0.15) is 0 Å². The van der Waals surface area contributed by atoms with Gasteiger partial charge in [-0.3, -0.25) is 19.7 Å². The summed E-state index contributed by atoms with van der Waals surface area (Å²) in [6, 6.07) is 4.29. The highest BCUT2D eigenvalue weighted by molar-refractivity contribution is 9.10. The molecule has 8 heteroatoms. The molecule has 0 aliphatic carbocycles. The first-order chi connectivity index (χ1) is 9.93. The van der Waals surface area contributed by atoms with Crippen LogP contribution in [0.2, 0.25) is 0 Å². The van der Waals surface area contributed by atoms with Crippen molar-refractivity contribution in [1.82, 2.24) is 0 Å². The fourth-order valence-corrected chi connectivity index (χ4v) is 2.29. The topological polar surface area (TPSA) is 95.7 Å². The highest BCUT2D eigenvalue weighted by Crippen LogP contribution is 2.34. The molecule has 0 spiro atoms. The number of benzene rings is 1. The number of nitrogens with zero attached hydrogens (tertiary/aromatic N) is 1. The summed E-state index contributed by atoms with van der Waals surface area (Å²) in [7, 11) is 0. The van der Waals surface area contributed by atoms with Gasteiger partial charge in [-0.1, -0.05) is 12.1 Å². The van der Waals surface area contributed by atoms with Crippen LogP contribution in [0.5, 0.6) is 0 Å². The second-order valence-electron chi connectivity index (χ2n) is 3.87. The Morgan fingerprint density at radius 1 is 1.24 bits per heavy atom. The van der Waals surface area contributed by atoms with Gasteiger partial charge in [0.1, 0.15) is 0 Å². The summed E-state index contributed by atoms with van der Waals surface area (Å²) in [5.41, 5.74) is -0.421. The first-order valence-electron chi connectivity index (χ1n) is 6.20. The molecule has 0 bridgehead atoms. The SMILES string of the molecule is CCOC(=O)C(C(=O)OCC)c1cccc(Br)c1[N+](=O)[O-]. The van der Waals surface area contributed by atoms with Crippen LogP contribution in [-0.2, 0) is 19.1 Å². The van der Waals surface area contributed by atoms with E-state index in [2.05, 4.69) is 15.9 Å². The van der Waals surface area contributed by atoms with Gasteiger partial charge in [0.25, 0.3) is 5.69 Å². The van der Waals surface area contributed by atoms with Crippen LogP contribution in [0.15, 0.2) is 22.7 Å². The molecule has 1 aromatic carbocycles. The first kappa shape index (κ1) is 17.1. The normalized spacial score (nSPS) is 10.3. The number of esters is 2. The molecule has 0 N–H and O–H groups in total. The van der Waals surface area contributed by atoms with Crippen LogP contribution in [-0.4, -0.2) is 30.1 Å². The molecule has 0 fully saturated rings. The molecule has 0 saturated heterocycles. The number of hydrogen-bond donors (Lipinski definition) is 0. The number of rotatable bonds is 6. The Hall–Kier alpha value is -1.96. The lowest BCUT2D eigenvalue weighted by atomic mass is 9.97. The van der Waals surface area contributed by atoms with Gasteiger partial charge in [0.05, 0.1) is 28.2 Å². The minimum atomic E-state index is -1.48. The van der Waals surface area contributed by atoms with Crippen molar-refractivity contribution in [2.24, 2.45) is 0 Å². The summed E-state index contributed by atoms with van der Waals surface area (Å²) in [5.74, 6) is -3.24. The Kier molecular flexibility index (Phi) is 6.29. The fraction of sp³-hybridized carbons (Fsp3) is 0.385. The third kappa shape index (κ3) is 4.01. The highest BCUT2D eigenvalue weighted by atomic mass is 79.9. The lowest BCUT2D eigenvalue weighted by Crippen LogP contribution is -2.27. The Labute approximate surface area is 129 Å². The van der Waals surface area contributed by atoms with E-state index < -0.39 is 22.8 Å².